The highest BCUT2D eigenvalue weighted by atomic mass is 16.6. The summed E-state index contributed by atoms with van der Waals surface area (Å²) in [6, 6.07) is 5.26. The van der Waals surface area contributed by atoms with E-state index in [4.69, 9.17) is 5.73 Å². The maximum atomic E-state index is 11.1. The van der Waals surface area contributed by atoms with E-state index in [1.807, 2.05) is 13.0 Å². The van der Waals surface area contributed by atoms with Crippen molar-refractivity contribution in [3.63, 3.8) is 0 Å². The van der Waals surface area contributed by atoms with E-state index < -0.39 is 0 Å². The molecule has 0 radical (unpaired) electrons. The van der Waals surface area contributed by atoms with Crippen LogP contribution in [0.2, 0.25) is 0 Å². The molecule has 0 unspecified atom stereocenters. The zero-order valence-corrected chi connectivity index (χ0v) is 10.4. The summed E-state index contributed by atoms with van der Waals surface area (Å²) in [5, 5.41) is 11.1. The van der Waals surface area contributed by atoms with Gasteiger partial charge in [-0.15, -0.1) is 0 Å². The highest BCUT2D eigenvalue weighted by molar-refractivity contribution is 5.51. The molecule has 0 saturated heterocycles. The summed E-state index contributed by atoms with van der Waals surface area (Å²) in [5.41, 5.74) is 7.92. The Labute approximate surface area is 101 Å². The average Bonchev–Trinajstić information content (AvgIpc) is 2.79. The fourth-order valence-corrected chi connectivity index (χ4v) is 2.99. The first-order valence-electron chi connectivity index (χ1n) is 5.85. The molecule has 2 rings (SSSR count). The van der Waals surface area contributed by atoms with Gasteiger partial charge in [0.2, 0.25) is 0 Å². The van der Waals surface area contributed by atoms with Gasteiger partial charge in [0.15, 0.2) is 0 Å². The predicted molar refractivity (Wildman–Crippen MR) is 66.9 cm³/mol. The van der Waals surface area contributed by atoms with Crippen LogP contribution in [0.1, 0.15) is 30.9 Å². The van der Waals surface area contributed by atoms with Crippen molar-refractivity contribution in [3.05, 3.63) is 39.4 Å². The predicted octanol–water partition coefficient (Wildman–Crippen LogP) is 2.60. The van der Waals surface area contributed by atoms with Gasteiger partial charge in [-0.05, 0) is 30.4 Å². The quantitative estimate of drug-likeness (QED) is 0.645. The number of nitro groups is 1. The Balaban J connectivity index is 2.50. The number of benzene rings is 1. The molecule has 4 heteroatoms. The van der Waals surface area contributed by atoms with Crippen molar-refractivity contribution in [1.82, 2.24) is 0 Å². The minimum absolute atomic E-state index is 0.0750. The molecule has 1 aromatic carbocycles. The first-order valence-corrected chi connectivity index (χ1v) is 5.85. The molecule has 1 aliphatic carbocycles. The van der Waals surface area contributed by atoms with Gasteiger partial charge in [-0.3, -0.25) is 10.1 Å². The standard InChI is InChI=1S/C13H18N2O2/c1-8-5-4-6-10(15(16)17)11(8)12-9(7-14)13(12,2)3/h4-6,9,12H,7,14H2,1-3H3/t9-,12+/m1/s1. The number of aryl methyl sites for hydroxylation is 1. The summed E-state index contributed by atoms with van der Waals surface area (Å²) in [4.78, 5) is 10.8. The molecule has 0 aliphatic heterocycles. The molecule has 0 amide bonds. The molecule has 92 valence electrons. The maximum absolute atomic E-state index is 11.1. The van der Waals surface area contributed by atoms with E-state index >= 15 is 0 Å². The lowest BCUT2D eigenvalue weighted by Crippen LogP contribution is -2.05. The number of hydrogen-bond acceptors (Lipinski definition) is 3. The van der Waals surface area contributed by atoms with Crippen LogP contribution in [0.15, 0.2) is 18.2 Å². The highest BCUT2D eigenvalue weighted by Gasteiger charge is 2.59. The van der Waals surface area contributed by atoms with Gasteiger partial charge in [0, 0.05) is 17.5 Å². The molecule has 1 saturated carbocycles. The van der Waals surface area contributed by atoms with Crippen LogP contribution >= 0.6 is 0 Å². The van der Waals surface area contributed by atoms with Crippen LogP contribution < -0.4 is 5.73 Å². The van der Waals surface area contributed by atoms with E-state index in [0.29, 0.717) is 12.5 Å². The largest absolute Gasteiger partial charge is 0.330 e. The first-order chi connectivity index (χ1) is 7.91. The molecule has 2 atom stereocenters. The van der Waals surface area contributed by atoms with Gasteiger partial charge in [-0.2, -0.15) is 0 Å². The fraction of sp³-hybridized carbons (Fsp3) is 0.538. The topological polar surface area (TPSA) is 69.2 Å². The van der Waals surface area contributed by atoms with E-state index in [1.54, 1.807) is 12.1 Å². The van der Waals surface area contributed by atoms with Crippen molar-refractivity contribution in [2.24, 2.45) is 17.1 Å². The summed E-state index contributed by atoms with van der Waals surface area (Å²) >= 11 is 0. The van der Waals surface area contributed by atoms with Gasteiger partial charge in [-0.1, -0.05) is 26.0 Å². The smallest absolute Gasteiger partial charge is 0.273 e. The maximum Gasteiger partial charge on any atom is 0.273 e. The van der Waals surface area contributed by atoms with Crippen LogP contribution in [0.4, 0.5) is 5.69 Å². The van der Waals surface area contributed by atoms with E-state index in [2.05, 4.69) is 13.8 Å². The molecule has 1 aromatic rings. The lowest BCUT2D eigenvalue weighted by Gasteiger charge is -2.07. The van der Waals surface area contributed by atoms with E-state index in [9.17, 15) is 10.1 Å². The first kappa shape index (κ1) is 12.0. The van der Waals surface area contributed by atoms with Crippen LogP contribution in [0.25, 0.3) is 0 Å². The third kappa shape index (κ3) is 1.72. The van der Waals surface area contributed by atoms with Crippen LogP contribution in [0.5, 0.6) is 0 Å². The zero-order chi connectivity index (χ0) is 12.8. The third-order valence-corrected chi connectivity index (χ3v) is 4.11. The number of rotatable bonds is 3. The second-order valence-corrected chi connectivity index (χ2v) is 5.41. The van der Waals surface area contributed by atoms with E-state index in [0.717, 1.165) is 11.1 Å². The van der Waals surface area contributed by atoms with Crippen LogP contribution in [0, 0.1) is 28.4 Å². The van der Waals surface area contributed by atoms with Crippen LogP contribution in [0.3, 0.4) is 0 Å². The van der Waals surface area contributed by atoms with Crippen molar-refractivity contribution in [3.8, 4) is 0 Å². The Morgan fingerprint density at radius 2 is 2.12 bits per heavy atom. The van der Waals surface area contributed by atoms with Crippen molar-refractivity contribution in [2.75, 3.05) is 6.54 Å². The van der Waals surface area contributed by atoms with Gasteiger partial charge < -0.3 is 5.73 Å². The summed E-state index contributed by atoms with van der Waals surface area (Å²) in [6.45, 7) is 6.78. The van der Waals surface area contributed by atoms with Gasteiger partial charge in [-0.25, -0.2) is 0 Å². The van der Waals surface area contributed by atoms with Crippen molar-refractivity contribution >= 4 is 5.69 Å². The molecule has 1 aliphatic rings. The normalized spacial score (nSPS) is 25.6. The van der Waals surface area contributed by atoms with Crippen molar-refractivity contribution in [1.29, 1.82) is 0 Å². The zero-order valence-electron chi connectivity index (χ0n) is 10.4. The Hall–Kier alpha value is -1.42. The van der Waals surface area contributed by atoms with E-state index in [-0.39, 0.29) is 21.9 Å². The number of nitrogens with zero attached hydrogens (tertiary/aromatic N) is 1. The molecule has 0 heterocycles. The monoisotopic (exact) mass is 234 g/mol. The molecule has 0 spiro atoms. The second-order valence-electron chi connectivity index (χ2n) is 5.41. The summed E-state index contributed by atoms with van der Waals surface area (Å²) in [5.74, 6) is 0.566. The van der Waals surface area contributed by atoms with Gasteiger partial charge in [0.25, 0.3) is 5.69 Å². The number of nitrogens with two attached hydrogens (primary N) is 1. The van der Waals surface area contributed by atoms with Gasteiger partial charge in [0.05, 0.1) is 4.92 Å². The molecule has 0 bridgehead atoms. The SMILES string of the molecule is Cc1cccc([N+](=O)[O-])c1[C@@H]1[C@@H](CN)C1(C)C. The van der Waals surface area contributed by atoms with Gasteiger partial charge in [0.1, 0.15) is 0 Å². The molecule has 1 fully saturated rings. The third-order valence-electron chi connectivity index (χ3n) is 4.11. The Morgan fingerprint density at radius 3 is 2.59 bits per heavy atom. The van der Waals surface area contributed by atoms with Crippen molar-refractivity contribution < 1.29 is 4.92 Å². The second kappa shape index (κ2) is 3.81. The molecule has 17 heavy (non-hydrogen) atoms. The molecular formula is C13H18N2O2. The summed E-state index contributed by atoms with van der Waals surface area (Å²) < 4.78 is 0. The highest BCUT2D eigenvalue weighted by Crippen LogP contribution is 2.65. The van der Waals surface area contributed by atoms with Crippen molar-refractivity contribution in [2.45, 2.75) is 26.7 Å². The fourth-order valence-electron chi connectivity index (χ4n) is 2.99. The molecular weight excluding hydrogens is 216 g/mol. The Morgan fingerprint density at radius 1 is 1.47 bits per heavy atom. The lowest BCUT2D eigenvalue weighted by atomic mass is 9.97. The molecule has 2 N–H and O–H groups in total. The van der Waals surface area contributed by atoms with Crippen LogP contribution in [-0.2, 0) is 0 Å². The van der Waals surface area contributed by atoms with E-state index in [1.165, 1.54) is 0 Å². The summed E-state index contributed by atoms with van der Waals surface area (Å²) in [6.07, 6.45) is 0. The lowest BCUT2D eigenvalue weighted by molar-refractivity contribution is -0.385. The molecule has 4 nitrogen and oxygen atoms in total. The summed E-state index contributed by atoms with van der Waals surface area (Å²) in [7, 11) is 0. The Bertz CT molecular complexity index is 468. The number of hydrogen-bond donors (Lipinski definition) is 1. The van der Waals surface area contributed by atoms with Crippen LogP contribution in [-0.4, -0.2) is 11.5 Å². The minimum atomic E-state index is -0.287. The number of nitro benzene ring substituents is 1. The minimum Gasteiger partial charge on any atom is -0.330 e. The average molecular weight is 234 g/mol. The van der Waals surface area contributed by atoms with Gasteiger partial charge >= 0.3 is 0 Å². The molecule has 0 aromatic heterocycles. The Kier molecular flexibility index (Phi) is 2.70.